The monoisotopic (exact) mass is 326 g/mol. The molecular weight excluding hydrogens is 304 g/mol. The molecule has 0 bridgehead atoms. The number of hydrogen-bond donors (Lipinski definition) is 0. The zero-order valence-corrected chi connectivity index (χ0v) is 14.0. The summed E-state index contributed by atoms with van der Waals surface area (Å²) < 4.78 is 32.2. The number of methoxy groups -OCH3 is 1. The maximum atomic E-state index is 12.8. The van der Waals surface area contributed by atoms with E-state index in [4.69, 9.17) is 4.74 Å². The van der Waals surface area contributed by atoms with Gasteiger partial charge in [0, 0.05) is 32.6 Å². The summed E-state index contributed by atoms with van der Waals surface area (Å²) in [5.74, 6) is 0.405. The standard InChI is InChI=1S/C15H22N2O4S/c1-4-15(18)16-7-9-17(10-8-16)22(19,20)14-11-12(2)5-6-13(14)21-3/h5-6,11H,4,7-10H2,1-3H3. The van der Waals surface area contributed by atoms with Crippen molar-refractivity contribution in [1.82, 2.24) is 9.21 Å². The Bertz CT molecular complexity index is 650. The van der Waals surface area contributed by atoms with E-state index < -0.39 is 10.0 Å². The molecule has 0 saturated carbocycles. The number of rotatable bonds is 4. The molecule has 0 radical (unpaired) electrons. The summed E-state index contributed by atoms with van der Waals surface area (Å²) in [5, 5.41) is 0. The number of aryl methyl sites for hydroxylation is 1. The fourth-order valence-electron chi connectivity index (χ4n) is 2.53. The second-order valence-corrected chi connectivity index (χ2v) is 7.20. The highest BCUT2D eigenvalue weighted by Gasteiger charge is 2.31. The number of ether oxygens (including phenoxy) is 1. The number of carbonyl (C=O) groups is 1. The minimum Gasteiger partial charge on any atom is -0.495 e. The third kappa shape index (κ3) is 3.25. The average molecular weight is 326 g/mol. The third-order valence-electron chi connectivity index (χ3n) is 3.83. The molecule has 1 aromatic carbocycles. The van der Waals surface area contributed by atoms with Crippen LogP contribution < -0.4 is 4.74 Å². The minimum absolute atomic E-state index is 0.0604. The Morgan fingerprint density at radius 2 is 1.86 bits per heavy atom. The number of amides is 1. The molecule has 0 unspecified atom stereocenters. The summed E-state index contributed by atoms with van der Waals surface area (Å²) in [7, 11) is -2.15. The molecule has 0 spiro atoms. The molecule has 1 aromatic rings. The van der Waals surface area contributed by atoms with E-state index in [1.54, 1.807) is 17.0 Å². The molecule has 1 aliphatic rings. The van der Waals surface area contributed by atoms with Gasteiger partial charge in [-0.1, -0.05) is 13.0 Å². The lowest BCUT2D eigenvalue weighted by atomic mass is 10.2. The van der Waals surface area contributed by atoms with Crippen LogP contribution in [0.25, 0.3) is 0 Å². The predicted octanol–water partition coefficient (Wildman–Crippen LogP) is 1.25. The molecule has 1 fully saturated rings. The second kappa shape index (κ2) is 6.66. The topological polar surface area (TPSA) is 66.9 Å². The van der Waals surface area contributed by atoms with Gasteiger partial charge in [-0.2, -0.15) is 4.31 Å². The highest BCUT2D eigenvalue weighted by Crippen LogP contribution is 2.28. The van der Waals surface area contributed by atoms with Gasteiger partial charge in [-0.3, -0.25) is 4.79 Å². The van der Waals surface area contributed by atoms with Crippen molar-refractivity contribution in [3.05, 3.63) is 23.8 Å². The van der Waals surface area contributed by atoms with Crippen LogP contribution in [-0.2, 0) is 14.8 Å². The van der Waals surface area contributed by atoms with Gasteiger partial charge in [0.25, 0.3) is 0 Å². The Morgan fingerprint density at radius 3 is 2.41 bits per heavy atom. The molecule has 0 atom stereocenters. The van der Waals surface area contributed by atoms with Crippen LogP contribution in [0.4, 0.5) is 0 Å². The van der Waals surface area contributed by atoms with Gasteiger partial charge in [0.1, 0.15) is 10.6 Å². The number of carbonyl (C=O) groups excluding carboxylic acids is 1. The number of nitrogens with zero attached hydrogens (tertiary/aromatic N) is 2. The fourth-order valence-corrected chi connectivity index (χ4v) is 4.19. The van der Waals surface area contributed by atoms with Crippen LogP contribution >= 0.6 is 0 Å². The smallest absolute Gasteiger partial charge is 0.246 e. The molecule has 22 heavy (non-hydrogen) atoms. The van der Waals surface area contributed by atoms with Crippen LogP contribution in [0.5, 0.6) is 5.75 Å². The van der Waals surface area contributed by atoms with Gasteiger partial charge < -0.3 is 9.64 Å². The number of sulfonamides is 1. The normalized spacial score (nSPS) is 16.6. The molecule has 0 aliphatic carbocycles. The molecule has 6 nitrogen and oxygen atoms in total. The van der Waals surface area contributed by atoms with E-state index >= 15 is 0 Å². The van der Waals surface area contributed by atoms with Gasteiger partial charge >= 0.3 is 0 Å². The fraction of sp³-hybridized carbons (Fsp3) is 0.533. The molecule has 7 heteroatoms. The van der Waals surface area contributed by atoms with E-state index in [0.29, 0.717) is 38.3 Å². The van der Waals surface area contributed by atoms with Crippen LogP contribution in [0, 0.1) is 6.92 Å². The first-order valence-electron chi connectivity index (χ1n) is 7.32. The number of hydrogen-bond acceptors (Lipinski definition) is 4. The van der Waals surface area contributed by atoms with Gasteiger partial charge in [-0.25, -0.2) is 8.42 Å². The van der Waals surface area contributed by atoms with Crippen molar-refractivity contribution >= 4 is 15.9 Å². The van der Waals surface area contributed by atoms with Crippen LogP contribution in [0.3, 0.4) is 0 Å². The lowest BCUT2D eigenvalue weighted by molar-refractivity contribution is -0.132. The maximum Gasteiger partial charge on any atom is 0.246 e. The van der Waals surface area contributed by atoms with Crippen molar-refractivity contribution in [2.24, 2.45) is 0 Å². The van der Waals surface area contributed by atoms with Crippen molar-refractivity contribution in [1.29, 1.82) is 0 Å². The molecular formula is C15H22N2O4S. The molecule has 1 aliphatic heterocycles. The van der Waals surface area contributed by atoms with Crippen molar-refractivity contribution in [2.75, 3.05) is 33.3 Å². The van der Waals surface area contributed by atoms with Gasteiger partial charge in [0.15, 0.2) is 0 Å². The van der Waals surface area contributed by atoms with E-state index in [1.165, 1.54) is 11.4 Å². The Morgan fingerprint density at radius 1 is 1.23 bits per heavy atom. The summed E-state index contributed by atoms with van der Waals surface area (Å²) in [4.78, 5) is 13.6. The Hall–Kier alpha value is -1.60. The van der Waals surface area contributed by atoms with E-state index in [1.807, 2.05) is 19.9 Å². The molecule has 122 valence electrons. The molecule has 1 heterocycles. The highest BCUT2D eigenvalue weighted by molar-refractivity contribution is 7.89. The SMILES string of the molecule is CCC(=O)N1CCN(S(=O)(=O)c2cc(C)ccc2OC)CC1. The number of piperazine rings is 1. The van der Waals surface area contributed by atoms with Gasteiger partial charge in [0.2, 0.25) is 15.9 Å². The van der Waals surface area contributed by atoms with Crippen LogP contribution in [0.15, 0.2) is 23.1 Å². The third-order valence-corrected chi connectivity index (χ3v) is 5.75. The van der Waals surface area contributed by atoms with Crippen molar-refractivity contribution in [3.8, 4) is 5.75 Å². The Labute approximate surface area is 131 Å². The second-order valence-electron chi connectivity index (χ2n) is 5.29. The molecule has 0 N–H and O–H groups in total. The molecule has 0 aromatic heterocycles. The quantitative estimate of drug-likeness (QED) is 0.835. The summed E-state index contributed by atoms with van der Waals surface area (Å²) in [6, 6.07) is 5.10. The summed E-state index contributed by atoms with van der Waals surface area (Å²) in [6.07, 6.45) is 0.443. The molecule has 2 rings (SSSR count). The Balaban J connectivity index is 2.22. The highest BCUT2D eigenvalue weighted by atomic mass is 32.2. The first-order valence-corrected chi connectivity index (χ1v) is 8.76. The predicted molar refractivity (Wildman–Crippen MR) is 83.4 cm³/mol. The van der Waals surface area contributed by atoms with Gasteiger partial charge in [0.05, 0.1) is 7.11 Å². The molecule has 1 amide bonds. The summed E-state index contributed by atoms with van der Waals surface area (Å²) in [6.45, 7) is 5.13. The van der Waals surface area contributed by atoms with Crippen LogP contribution in [-0.4, -0.2) is 56.8 Å². The van der Waals surface area contributed by atoms with E-state index in [-0.39, 0.29) is 10.8 Å². The summed E-state index contributed by atoms with van der Waals surface area (Å²) in [5.41, 5.74) is 0.860. The zero-order valence-electron chi connectivity index (χ0n) is 13.2. The Kier molecular flexibility index (Phi) is 5.08. The van der Waals surface area contributed by atoms with Crippen molar-refractivity contribution < 1.29 is 17.9 Å². The number of benzene rings is 1. The maximum absolute atomic E-state index is 12.8. The van der Waals surface area contributed by atoms with E-state index in [9.17, 15) is 13.2 Å². The van der Waals surface area contributed by atoms with E-state index in [2.05, 4.69) is 0 Å². The first kappa shape index (κ1) is 16.8. The molecule has 1 saturated heterocycles. The lowest BCUT2D eigenvalue weighted by Gasteiger charge is -2.34. The van der Waals surface area contributed by atoms with Crippen LogP contribution in [0.1, 0.15) is 18.9 Å². The van der Waals surface area contributed by atoms with Crippen molar-refractivity contribution in [2.45, 2.75) is 25.2 Å². The average Bonchev–Trinajstić information content (AvgIpc) is 2.54. The minimum atomic E-state index is -3.61. The van der Waals surface area contributed by atoms with E-state index in [0.717, 1.165) is 5.56 Å². The van der Waals surface area contributed by atoms with Crippen molar-refractivity contribution in [3.63, 3.8) is 0 Å². The van der Waals surface area contributed by atoms with Gasteiger partial charge in [-0.15, -0.1) is 0 Å². The van der Waals surface area contributed by atoms with Gasteiger partial charge in [-0.05, 0) is 24.6 Å². The zero-order chi connectivity index (χ0) is 16.3. The lowest BCUT2D eigenvalue weighted by Crippen LogP contribution is -2.50. The first-order chi connectivity index (χ1) is 10.4. The summed E-state index contributed by atoms with van der Waals surface area (Å²) >= 11 is 0. The van der Waals surface area contributed by atoms with Crippen LogP contribution in [0.2, 0.25) is 0 Å². The largest absolute Gasteiger partial charge is 0.495 e.